The molecule has 138 valence electrons. The Balaban J connectivity index is 2.39. The van der Waals surface area contributed by atoms with E-state index in [2.05, 4.69) is 30.0 Å². The highest BCUT2D eigenvalue weighted by molar-refractivity contribution is 7.80. The van der Waals surface area contributed by atoms with Gasteiger partial charge in [0.05, 0.1) is 4.92 Å². The predicted molar refractivity (Wildman–Crippen MR) is 102 cm³/mol. The van der Waals surface area contributed by atoms with Gasteiger partial charge in [-0.15, -0.1) is 0 Å². The first kappa shape index (κ1) is 20.8. The largest absolute Gasteiger partial charge is 0.361 e. The lowest BCUT2D eigenvalue weighted by molar-refractivity contribution is -0.385. The van der Waals surface area contributed by atoms with Crippen LogP contribution < -0.4 is 16.2 Å². The van der Waals surface area contributed by atoms with Gasteiger partial charge in [-0.1, -0.05) is 33.1 Å². The normalized spacial score (nSPS) is 11.5. The molecule has 1 amide bonds. The maximum atomic E-state index is 12.1. The Morgan fingerprint density at radius 2 is 2.04 bits per heavy atom. The minimum atomic E-state index is -0.476. The third-order valence-electron chi connectivity index (χ3n) is 3.86. The number of nitrogens with zero attached hydrogens (tertiary/aromatic N) is 1. The van der Waals surface area contributed by atoms with Crippen molar-refractivity contribution in [2.45, 2.75) is 46.5 Å². The standard InChI is InChI=1S/C17H26N4O3S/c1-4-5-6-7-12(2)11-18-17(25)20-19-16(22)14-8-9-15(21(23)24)13(3)10-14/h8-10,12H,4-7,11H2,1-3H3,(H,19,22)(H2,18,20,25)/t12-/m0/s1. The molecule has 1 rings (SSSR count). The minimum Gasteiger partial charge on any atom is -0.361 e. The third-order valence-corrected chi connectivity index (χ3v) is 4.10. The first-order chi connectivity index (χ1) is 11.8. The van der Waals surface area contributed by atoms with Crippen LogP contribution in [0.5, 0.6) is 0 Å². The fourth-order valence-electron chi connectivity index (χ4n) is 2.34. The Hall–Kier alpha value is -2.22. The Morgan fingerprint density at radius 3 is 2.64 bits per heavy atom. The lowest BCUT2D eigenvalue weighted by Crippen LogP contribution is -2.47. The Morgan fingerprint density at radius 1 is 1.32 bits per heavy atom. The summed E-state index contributed by atoms with van der Waals surface area (Å²) in [5.74, 6) is 0.0949. The highest BCUT2D eigenvalue weighted by Gasteiger charge is 2.13. The monoisotopic (exact) mass is 366 g/mol. The van der Waals surface area contributed by atoms with Crippen molar-refractivity contribution in [2.24, 2.45) is 5.92 Å². The van der Waals surface area contributed by atoms with Crippen LogP contribution in [-0.2, 0) is 0 Å². The summed E-state index contributed by atoms with van der Waals surface area (Å²) >= 11 is 5.13. The van der Waals surface area contributed by atoms with E-state index in [0.717, 1.165) is 13.0 Å². The molecule has 0 radical (unpaired) electrons. The number of carbonyl (C=O) groups excluding carboxylic acids is 1. The number of aryl methyl sites for hydroxylation is 1. The molecule has 1 atom stereocenters. The summed E-state index contributed by atoms with van der Waals surface area (Å²) in [5, 5.41) is 14.2. The molecule has 0 aliphatic heterocycles. The van der Waals surface area contributed by atoms with Crippen molar-refractivity contribution in [3.8, 4) is 0 Å². The van der Waals surface area contributed by atoms with Crippen molar-refractivity contribution in [1.82, 2.24) is 16.2 Å². The van der Waals surface area contributed by atoms with Crippen molar-refractivity contribution in [2.75, 3.05) is 6.54 Å². The molecule has 0 bridgehead atoms. The van der Waals surface area contributed by atoms with Crippen molar-refractivity contribution in [3.63, 3.8) is 0 Å². The van der Waals surface area contributed by atoms with Crippen LogP contribution in [0.4, 0.5) is 5.69 Å². The summed E-state index contributed by atoms with van der Waals surface area (Å²) in [6.07, 6.45) is 4.78. The number of hydrogen-bond donors (Lipinski definition) is 3. The molecule has 0 heterocycles. The van der Waals surface area contributed by atoms with Gasteiger partial charge in [-0.3, -0.25) is 25.8 Å². The number of nitro benzene ring substituents is 1. The molecule has 3 N–H and O–H groups in total. The second-order valence-electron chi connectivity index (χ2n) is 6.15. The zero-order valence-corrected chi connectivity index (χ0v) is 15.7. The molecule has 25 heavy (non-hydrogen) atoms. The van der Waals surface area contributed by atoms with E-state index in [4.69, 9.17) is 12.2 Å². The van der Waals surface area contributed by atoms with Gasteiger partial charge in [0.25, 0.3) is 11.6 Å². The average molecular weight is 366 g/mol. The van der Waals surface area contributed by atoms with Gasteiger partial charge in [0.15, 0.2) is 5.11 Å². The van der Waals surface area contributed by atoms with E-state index in [0.29, 0.717) is 22.2 Å². The minimum absolute atomic E-state index is 0.0150. The number of amides is 1. The zero-order valence-electron chi connectivity index (χ0n) is 14.9. The molecule has 1 aromatic carbocycles. The summed E-state index contributed by atoms with van der Waals surface area (Å²) < 4.78 is 0. The maximum Gasteiger partial charge on any atom is 0.272 e. The second-order valence-corrected chi connectivity index (χ2v) is 6.56. The molecular weight excluding hydrogens is 340 g/mol. The van der Waals surface area contributed by atoms with Gasteiger partial charge >= 0.3 is 0 Å². The van der Waals surface area contributed by atoms with E-state index in [1.165, 1.54) is 37.5 Å². The molecule has 0 aromatic heterocycles. The lowest BCUT2D eigenvalue weighted by atomic mass is 10.0. The molecule has 0 aliphatic carbocycles. The molecule has 0 saturated carbocycles. The third kappa shape index (κ3) is 7.47. The number of rotatable bonds is 8. The molecule has 0 aliphatic rings. The van der Waals surface area contributed by atoms with Crippen LogP contribution >= 0.6 is 12.2 Å². The van der Waals surface area contributed by atoms with Crippen molar-refractivity contribution in [3.05, 3.63) is 39.4 Å². The summed E-state index contributed by atoms with van der Waals surface area (Å²) in [7, 11) is 0. The number of hydrazine groups is 1. The smallest absolute Gasteiger partial charge is 0.272 e. The highest BCUT2D eigenvalue weighted by Crippen LogP contribution is 2.18. The molecule has 0 fully saturated rings. The van der Waals surface area contributed by atoms with Crippen molar-refractivity contribution in [1.29, 1.82) is 0 Å². The van der Waals surface area contributed by atoms with Gasteiger partial charge in [-0.25, -0.2) is 0 Å². The van der Waals surface area contributed by atoms with Crippen LogP contribution in [-0.4, -0.2) is 22.5 Å². The number of unbranched alkanes of at least 4 members (excludes halogenated alkanes) is 2. The molecule has 8 heteroatoms. The van der Waals surface area contributed by atoms with Crippen molar-refractivity contribution < 1.29 is 9.72 Å². The highest BCUT2D eigenvalue weighted by atomic mass is 32.1. The van der Waals surface area contributed by atoms with Gasteiger partial charge in [0.2, 0.25) is 0 Å². The number of nitrogens with one attached hydrogen (secondary N) is 3. The SMILES string of the molecule is CCCCC[C@H](C)CNC(=S)NNC(=O)c1ccc([N+](=O)[O-])c(C)c1. The summed E-state index contributed by atoms with van der Waals surface area (Å²) in [5.41, 5.74) is 5.88. The predicted octanol–water partition coefficient (Wildman–Crippen LogP) is 3.23. The number of carbonyl (C=O) groups is 1. The lowest BCUT2D eigenvalue weighted by Gasteiger charge is -2.15. The Kier molecular flexibility index (Phi) is 8.83. The average Bonchev–Trinajstić information content (AvgIpc) is 2.57. The summed E-state index contributed by atoms with van der Waals surface area (Å²) in [6, 6.07) is 4.20. The van der Waals surface area contributed by atoms with Crippen LogP contribution in [0, 0.1) is 23.0 Å². The van der Waals surface area contributed by atoms with E-state index in [9.17, 15) is 14.9 Å². The van der Waals surface area contributed by atoms with E-state index >= 15 is 0 Å². The Bertz CT molecular complexity index is 622. The van der Waals surface area contributed by atoms with E-state index in [-0.39, 0.29) is 5.69 Å². The van der Waals surface area contributed by atoms with Gasteiger partial charge < -0.3 is 5.32 Å². The number of nitro groups is 1. The van der Waals surface area contributed by atoms with Crippen LogP contribution in [0.25, 0.3) is 0 Å². The first-order valence-corrected chi connectivity index (χ1v) is 8.85. The quantitative estimate of drug-likeness (QED) is 0.283. The van der Waals surface area contributed by atoms with Gasteiger partial charge in [0, 0.05) is 23.7 Å². The second kappa shape index (κ2) is 10.6. The number of hydrogen-bond acceptors (Lipinski definition) is 4. The van der Waals surface area contributed by atoms with Crippen LogP contribution in [0.2, 0.25) is 0 Å². The molecular formula is C17H26N4O3S. The molecule has 7 nitrogen and oxygen atoms in total. The number of benzene rings is 1. The fourth-order valence-corrected chi connectivity index (χ4v) is 2.48. The fraction of sp³-hybridized carbons (Fsp3) is 0.529. The first-order valence-electron chi connectivity index (χ1n) is 8.44. The van der Waals surface area contributed by atoms with Gasteiger partial charge in [-0.2, -0.15) is 0 Å². The molecule has 0 saturated heterocycles. The number of thiocarbonyl (C=S) groups is 1. The van der Waals surface area contributed by atoms with Crippen LogP contribution in [0.15, 0.2) is 18.2 Å². The molecule has 1 aromatic rings. The summed E-state index contributed by atoms with van der Waals surface area (Å²) in [6.45, 7) is 6.66. The van der Waals surface area contributed by atoms with Crippen LogP contribution in [0.1, 0.15) is 55.5 Å². The molecule has 0 unspecified atom stereocenters. The van der Waals surface area contributed by atoms with E-state index in [1.54, 1.807) is 6.92 Å². The van der Waals surface area contributed by atoms with E-state index < -0.39 is 10.8 Å². The topological polar surface area (TPSA) is 96.3 Å². The Labute approximate surface area is 153 Å². The molecule has 0 spiro atoms. The summed E-state index contributed by atoms with van der Waals surface area (Å²) in [4.78, 5) is 22.4. The zero-order chi connectivity index (χ0) is 18.8. The van der Waals surface area contributed by atoms with Gasteiger partial charge in [0.1, 0.15) is 0 Å². The van der Waals surface area contributed by atoms with Crippen molar-refractivity contribution >= 4 is 28.9 Å². The van der Waals surface area contributed by atoms with E-state index in [1.807, 2.05) is 0 Å². The van der Waals surface area contributed by atoms with Gasteiger partial charge in [-0.05, 0) is 43.6 Å². The van der Waals surface area contributed by atoms with Crippen LogP contribution in [0.3, 0.4) is 0 Å². The maximum absolute atomic E-state index is 12.1.